The summed E-state index contributed by atoms with van der Waals surface area (Å²) >= 11 is 7.77. The number of rotatable bonds is 0. The lowest BCUT2D eigenvalue weighted by Crippen LogP contribution is -2.69. The molecular weight excluding hydrogens is 581 g/mol. The summed E-state index contributed by atoms with van der Waals surface area (Å²) in [5.74, 6) is -0.587. The quantitative estimate of drug-likeness (QED) is 0.181. The highest BCUT2D eigenvalue weighted by Crippen LogP contribution is 2.55. The lowest BCUT2D eigenvalue weighted by Gasteiger charge is -2.37. The van der Waals surface area contributed by atoms with E-state index in [1.165, 1.54) is 105 Å². The molecule has 6 aromatic heterocycles. The van der Waals surface area contributed by atoms with Gasteiger partial charge in [-0.3, -0.25) is 0 Å². The van der Waals surface area contributed by atoms with Gasteiger partial charge in [-0.15, -0.1) is 45.3 Å². The Morgan fingerprint density at radius 3 is 1.90 bits per heavy atom. The Morgan fingerprint density at radius 2 is 1.17 bits per heavy atom. The molecule has 1 unspecified atom stereocenters. The number of aryl methyl sites for hydroxylation is 4. The Bertz CT molecular complexity index is 2680. The maximum atomic E-state index is 2.69. The molecule has 0 aromatic carbocycles. The van der Waals surface area contributed by atoms with Crippen molar-refractivity contribution < 1.29 is 9.15 Å². The van der Waals surface area contributed by atoms with Gasteiger partial charge in [0, 0.05) is 42.4 Å². The van der Waals surface area contributed by atoms with Crippen LogP contribution in [0.1, 0.15) is 51.8 Å². The van der Waals surface area contributed by atoms with Crippen molar-refractivity contribution in [3.8, 4) is 0 Å². The van der Waals surface area contributed by atoms with E-state index in [1.54, 1.807) is 0 Å². The van der Waals surface area contributed by atoms with Crippen LogP contribution in [0, 0.1) is 27.7 Å². The third-order valence-corrected chi connectivity index (χ3v) is 14.0. The van der Waals surface area contributed by atoms with Crippen molar-refractivity contribution in [3.05, 3.63) is 92.8 Å². The lowest BCUT2D eigenvalue weighted by molar-refractivity contribution is -0.807. The second kappa shape index (κ2) is 6.13. The number of aromatic nitrogens is 2. The molecule has 41 heavy (non-hydrogen) atoms. The summed E-state index contributed by atoms with van der Waals surface area (Å²) in [6.07, 6.45) is 9.97. The van der Waals surface area contributed by atoms with E-state index in [-0.39, 0.29) is 0 Å². The van der Waals surface area contributed by atoms with Gasteiger partial charge in [0.15, 0.2) is 0 Å². The number of fused-ring (bicyclic) bond motifs is 12. The van der Waals surface area contributed by atoms with Crippen LogP contribution >= 0.6 is 45.3 Å². The standard InChI is InChI=1S/C33H20N4S4/c1-13-5-17-21-9-26-30-19(7-15(3)39-30)23-11-28-32-20(8-16(4)41-32)24-12-27-31-18(6-14(2)40-31)22-10-25(29(17)38-13)34(21)33(35(22)27,36(23)26)37(24)28/h5-12H,1-4H3/q+2. The zero-order valence-electron chi connectivity index (χ0n) is 22.5. The first-order valence-electron chi connectivity index (χ1n) is 13.9. The van der Waals surface area contributed by atoms with Crippen LogP contribution in [0.25, 0.3) is 49.8 Å². The molecule has 0 amide bonds. The predicted octanol–water partition coefficient (Wildman–Crippen LogP) is 6.32. The molecule has 12 rings (SSSR count). The van der Waals surface area contributed by atoms with Crippen LogP contribution in [0.2, 0.25) is 0 Å². The van der Waals surface area contributed by atoms with Gasteiger partial charge in [0.1, 0.15) is 9.75 Å². The van der Waals surface area contributed by atoms with Crippen molar-refractivity contribution >= 4 is 107 Å². The van der Waals surface area contributed by atoms with Crippen molar-refractivity contribution in [2.24, 2.45) is 0 Å². The molecule has 0 saturated heterocycles. The highest BCUT2D eigenvalue weighted by atomic mass is 32.1. The second-order valence-electron chi connectivity index (χ2n) is 12.0. The van der Waals surface area contributed by atoms with Gasteiger partial charge in [-0.05, 0) is 58.0 Å². The SMILES string of the molecule is Cc1cc2c(s1)C1=Cc3c4cc(C)sc4c4n3C35n6c(c7cc(C)sc7c6=CC6=[N+]3C(=CC2=[N+]15)c1sc(C)cc16)=C4. The normalized spacial score (nSPS) is 21.3. The van der Waals surface area contributed by atoms with Gasteiger partial charge in [0.25, 0.3) is 0 Å². The summed E-state index contributed by atoms with van der Waals surface area (Å²) in [6, 6.07) is 9.67. The molecule has 8 heteroatoms. The van der Waals surface area contributed by atoms with Crippen molar-refractivity contribution in [2.45, 2.75) is 33.6 Å². The van der Waals surface area contributed by atoms with Gasteiger partial charge in [0.05, 0.1) is 48.7 Å². The fourth-order valence-electron chi connectivity index (χ4n) is 8.49. The van der Waals surface area contributed by atoms with Crippen LogP contribution in [0.3, 0.4) is 0 Å². The van der Waals surface area contributed by atoms with E-state index in [0.29, 0.717) is 0 Å². The molecule has 0 aliphatic carbocycles. The Kier molecular flexibility index (Phi) is 3.17. The lowest BCUT2D eigenvalue weighted by atomic mass is 10.1. The average molecular weight is 601 g/mol. The molecule has 1 atom stereocenters. The zero-order valence-corrected chi connectivity index (χ0v) is 25.8. The molecule has 12 heterocycles. The third-order valence-electron chi connectivity index (χ3n) is 9.68. The summed E-state index contributed by atoms with van der Waals surface area (Å²) in [5.41, 5.74) is 10.8. The number of hydrogen-bond acceptors (Lipinski definition) is 4. The number of thiophene rings is 4. The summed E-state index contributed by atoms with van der Waals surface area (Å²) in [6.45, 7) is 9.02. The Morgan fingerprint density at radius 1 is 0.561 bits per heavy atom. The van der Waals surface area contributed by atoms with Crippen LogP contribution < -0.4 is 10.7 Å². The van der Waals surface area contributed by atoms with E-state index in [2.05, 4.69) is 94.5 Å². The molecule has 6 aliphatic rings. The van der Waals surface area contributed by atoms with Crippen LogP contribution in [0.15, 0.2) is 30.3 Å². The zero-order chi connectivity index (χ0) is 26.8. The van der Waals surface area contributed by atoms with Crippen molar-refractivity contribution in [3.63, 3.8) is 0 Å². The molecular formula is C33H20N4S4+2. The molecule has 0 radical (unpaired) electrons. The molecule has 4 nitrogen and oxygen atoms in total. The third kappa shape index (κ3) is 1.96. The minimum atomic E-state index is -0.587. The first kappa shape index (κ1) is 21.2. The number of allylic oxidation sites excluding steroid dienone is 1. The van der Waals surface area contributed by atoms with Crippen LogP contribution in [-0.4, -0.2) is 29.7 Å². The Labute approximate surface area is 250 Å². The molecule has 0 N–H and O–H groups in total. The highest BCUT2D eigenvalue weighted by Gasteiger charge is 2.73. The molecule has 194 valence electrons. The van der Waals surface area contributed by atoms with Crippen LogP contribution in [0.4, 0.5) is 0 Å². The number of nitrogens with zero attached hydrogens (tertiary/aromatic N) is 4. The van der Waals surface area contributed by atoms with E-state index in [0.717, 1.165) is 0 Å². The highest BCUT2D eigenvalue weighted by molar-refractivity contribution is 7.19. The van der Waals surface area contributed by atoms with Crippen molar-refractivity contribution in [1.82, 2.24) is 9.13 Å². The predicted molar refractivity (Wildman–Crippen MR) is 172 cm³/mol. The Balaban J connectivity index is 1.43. The van der Waals surface area contributed by atoms with Crippen LogP contribution in [0.5, 0.6) is 0 Å². The van der Waals surface area contributed by atoms with E-state index < -0.39 is 5.91 Å². The Hall–Kier alpha value is -3.56. The largest absolute Gasteiger partial charge is 0.554 e. The summed E-state index contributed by atoms with van der Waals surface area (Å²) in [4.78, 5) is 8.30. The minimum absolute atomic E-state index is 0.587. The maximum Gasteiger partial charge on any atom is 0.554 e. The monoisotopic (exact) mass is 600 g/mol. The molecule has 6 aliphatic heterocycles. The van der Waals surface area contributed by atoms with Crippen LogP contribution in [-0.2, 0) is 5.91 Å². The van der Waals surface area contributed by atoms with Crippen molar-refractivity contribution in [2.75, 3.05) is 0 Å². The fraction of sp³-hybridized carbons (Fsp3) is 0.152. The van der Waals surface area contributed by atoms with Gasteiger partial charge < -0.3 is 0 Å². The number of hydrogen-bond donors (Lipinski definition) is 0. The van der Waals surface area contributed by atoms with Gasteiger partial charge in [-0.1, -0.05) is 9.15 Å². The second-order valence-corrected chi connectivity index (χ2v) is 17.0. The maximum absolute atomic E-state index is 2.69. The van der Waals surface area contributed by atoms with Gasteiger partial charge >= 0.3 is 5.91 Å². The summed E-state index contributed by atoms with van der Waals surface area (Å²) in [5, 5.41) is 5.43. The summed E-state index contributed by atoms with van der Waals surface area (Å²) < 4.78 is 13.6. The molecule has 1 spiro atoms. The summed E-state index contributed by atoms with van der Waals surface area (Å²) in [7, 11) is 0. The van der Waals surface area contributed by atoms with Gasteiger partial charge in [0.2, 0.25) is 22.8 Å². The molecule has 0 bridgehead atoms. The molecule has 6 aromatic rings. The molecule has 0 fully saturated rings. The minimum Gasteiger partial charge on any atom is -0.197 e. The topological polar surface area (TPSA) is 15.9 Å². The first-order valence-corrected chi connectivity index (χ1v) is 17.2. The van der Waals surface area contributed by atoms with Gasteiger partial charge in [-0.25, -0.2) is 0 Å². The smallest absolute Gasteiger partial charge is 0.197 e. The van der Waals surface area contributed by atoms with E-state index in [9.17, 15) is 0 Å². The average Bonchev–Trinajstić information content (AvgIpc) is 3.78. The van der Waals surface area contributed by atoms with Gasteiger partial charge in [-0.2, -0.15) is 9.13 Å². The first-order chi connectivity index (χ1) is 19.9. The van der Waals surface area contributed by atoms with E-state index in [1.807, 2.05) is 45.3 Å². The van der Waals surface area contributed by atoms with E-state index in [4.69, 9.17) is 0 Å². The van der Waals surface area contributed by atoms with Crippen molar-refractivity contribution in [1.29, 1.82) is 0 Å². The fourth-order valence-corrected chi connectivity index (χ4v) is 12.6. The molecule has 0 saturated carbocycles. The van der Waals surface area contributed by atoms with E-state index >= 15 is 0 Å².